The quantitative estimate of drug-likeness (QED) is 0.518. The summed E-state index contributed by atoms with van der Waals surface area (Å²) >= 11 is 0. The van der Waals surface area contributed by atoms with Gasteiger partial charge in [-0.2, -0.15) is 0 Å². The van der Waals surface area contributed by atoms with Crippen LogP contribution in [0.5, 0.6) is 0 Å². The zero-order chi connectivity index (χ0) is 7.56. The third kappa shape index (κ3) is 0.953. The largest absolute Gasteiger partial charge is 0.354 e. The number of amides is 1. The number of rotatable bonds is 1. The summed E-state index contributed by atoms with van der Waals surface area (Å²) in [4.78, 5) is 10.9. The fourth-order valence-electron chi connectivity index (χ4n) is 0.714. The average Bonchev–Trinajstić information content (AvgIpc) is 2.34. The number of nitrogen functional groups attached to an aromatic ring is 1. The fourth-order valence-corrected chi connectivity index (χ4v) is 0.714. The van der Waals surface area contributed by atoms with Gasteiger partial charge in [0, 0.05) is 13.2 Å². The van der Waals surface area contributed by atoms with Crippen LogP contribution in [0.2, 0.25) is 0 Å². The lowest BCUT2D eigenvalue weighted by atomic mass is 10.4. The van der Waals surface area contributed by atoms with Crippen molar-refractivity contribution >= 4 is 5.91 Å². The maximum atomic E-state index is 10.9. The van der Waals surface area contributed by atoms with Crippen LogP contribution in [0.25, 0.3) is 0 Å². The highest BCUT2D eigenvalue weighted by atomic mass is 16.1. The van der Waals surface area contributed by atoms with Gasteiger partial charge in [-0.15, -0.1) is 0 Å². The highest BCUT2D eigenvalue weighted by Gasteiger charge is 2.04. The number of aromatic nitrogens is 1. The number of nitrogens with zero attached hydrogens (tertiary/aromatic N) is 1. The molecule has 0 bridgehead atoms. The summed E-state index contributed by atoms with van der Waals surface area (Å²) in [6, 6.07) is 3.36. The van der Waals surface area contributed by atoms with E-state index in [1.54, 1.807) is 25.4 Å². The van der Waals surface area contributed by atoms with Crippen LogP contribution in [0.4, 0.5) is 0 Å². The van der Waals surface area contributed by atoms with E-state index >= 15 is 0 Å². The van der Waals surface area contributed by atoms with Crippen molar-refractivity contribution in [1.82, 2.24) is 9.99 Å². The molecule has 0 radical (unpaired) electrons. The number of carbonyl (C=O) groups is 1. The van der Waals surface area contributed by atoms with E-state index in [4.69, 9.17) is 5.84 Å². The summed E-state index contributed by atoms with van der Waals surface area (Å²) in [5.74, 6) is 5.20. The molecule has 0 unspecified atom stereocenters. The summed E-state index contributed by atoms with van der Waals surface area (Å²) in [7, 11) is 1.56. The van der Waals surface area contributed by atoms with Gasteiger partial charge >= 0.3 is 0 Å². The number of hydrogen-bond acceptors (Lipinski definition) is 2. The van der Waals surface area contributed by atoms with E-state index in [1.807, 2.05) is 0 Å². The van der Waals surface area contributed by atoms with Gasteiger partial charge in [-0.3, -0.25) is 9.47 Å². The molecule has 1 amide bonds. The van der Waals surface area contributed by atoms with E-state index in [1.165, 1.54) is 4.68 Å². The van der Waals surface area contributed by atoms with Gasteiger partial charge in [0.05, 0.1) is 0 Å². The standard InChI is InChI=1S/C6H9N3O/c1-8-6(10)5-3-2-4-9(5)7/h2-4H,7H2,1H3,(H,8,10). The molecule has 1 aromatic heterocycles. The molecule has 0 spiro atoms. The molecular formula is C6H9N3O. The molecule has 0 atom stereocenters. The summed E-state index contributed by atoms with van der Waals surface area (Å²) in [6.45, 7) is 0. The van der Waals surface area contributed by atoms with Gasteiger partial charge in [0.25, 0.3) is 5.91 Å². The fraction of sp³-hybridized carbons (Fsp3) is 0.167. The van der Waals surface area contributed by atoms with E-state index in [9.17, 15) is 4.79 Å². The van der Waals surface area contributed by atoms with Gasteiger partial charge in [0.2, 0.25) is 0 Å². The van der Waals surface area contributed by atoms with Crippen LogP contribution in [0.1, 0.15) is 10.5 Å². The molecule has 0 aromatic carbocycles. The molecule has 54 valence electrons. The van der Waals surface area contributed by atoms with Crippen molar-refractivity contribution in [2.24, 2.45) is 0 Å². The molecule has 0 saturated carbocycles. The van der Waals surface area contributed by atoms with Gasteiger partial charge < -0.3 is 11.2 Å². The van der Waals surface area contributed by atoms with Crippen molar-refractivity contribution in [2.45, 2.75) is 0 Å². The first-order chi connectivity index (χ1) is 4.75. The second kappa shape index (κ2) is 2.43. The van der Waals surface area contributed by atoms with Crippen LogP contribution in [-0.4, -0.2) is 17.6 Å². The van der Waals surface area contributed by atoms with Crippen molar-refractivity contribution in [3.8, 4) is 0 Å². The number of nitrogens with two attached hydrogens (primary N) is 1. The Hall–Kier alpha value is -1.45. The zero-order valence-electron chi connectivity index (χ0n) is 5.66. The minimum atomic E-state index is -0.174. The van der Waals surface area contributed by atoms with Gasteiger partial charge in [0.1, 0.15) is 5.69 Å². The van der Waals surface area contributed by atoms with Crippen LogP contribution in [0, 0.1) is 0 Å². The van der Waals surface area contributed by atoms with Crippen molar-refractivity contribution in [2.75, 3.05) is 12.9 Å². The van der Waals surface area contributed by atoms with Gasteiger partial charge in [-0.05, 0) is 12.1 Å². The third-order valence-electron chi connectivity index (χ3n) is 1.24. The molecule has 0 aliphatic heterocycles. The first-order valence-corrected chi connectivity index (χ1v) is 2.90. The molecule has 3 N–H and O–H groups in total. The highest BCUT2D eigenvalue weighted by molar-refractivity contribution is 5.92. The summed E-state index contributed by atoms with van der Waals surface area (Å²) in [6.07, 6.45) is 1.62. The Labute approximate surface area is 58.6 Å². The van der Waals surface area contributed by atoms with E-state index < -0.39 is 0 Å². The molecule has 4 heteroatoms. The molecule has 1 heterocycles. The molecular weight excluding hydrogens is 130 g/mol. The number of hydrogen-bond donors (Lipinski definition) is 2. The minimum Gasteiger partial charge on any atom is -0.354 e. The number of carbonyl (C=O) groups excluding carboxylic acids is 1. The van der Waals surface area contributed by atoms with Crippen LogP contribution >= 0.6 is 0 Å². The Balaban J connectivity index is 2.93. The summed E-state index contributed by atoms with van der Waals surface area (Å²) < 4.78 is 1.28. The van der Waals surface area contributed by atoms with Crippen molar-refractivity contribution in [3.63, 3.8) is 0 Å². The van der Waals surface area contributed by atoms with Gasteiger partial charge in [-0.25, -0.2) is 0 Å². The highest BCUT2D eigenvalue weighted by Crippen LogP contribution is 1.95. The predicted octanol–water partition coefficient (Wildman–Crippen LogP) is -0.439. The smallest absolute Gasteiger partial charge is 0.269 e. The van der Waals surface area contributed by atoms with Crippen molar-refractivity contribution < 1.29 is 4.79 Å². The van der Waals surface area contributed by atoms with Gasteiger partial charge in [-0.1, -0.05) is 0 Å². The molecule has 0 fully saturated rings. The molecule has 1 aromatic rings. The molecule has 0 aliphatic carbocycles. The van der Waals surface area contributed by atoms with E-state index in [-0.39, 0.29) is 5.91 Å². The molecule has 0 aliphatic rings. The minimum absolute atomic E-state index is 0.174. The lowest BCUT2D eigenvalue weighted by molar-refractivity contribution is 0.0956. The van der Waals surface area contributed by atoms with E-state index in [0.29, 0.717) is 5.69 Å². The monoisotopic (exact) mass is 139 g/mol. The first-order valence-electron chi connectivity index (χ1n) is 2.90. The molecule has 4 nitrogen and oxygen atoms in total. The van der Waals surface area contributed by atoms with Crippen molar-refractivity contribution in [1.29, 1.82) is 0 Å². The topological polar surface area (TPSA) is 60.0 Å². The lowest BCUT2D eigenvalue weighted by Crippen LogP contribution is -2.24. The van der Waals surface area contributed by atoms with Crippen molar-refractivity contribution in [3.05, 3.63) is 24.0 Å². The lowest BCUT2D eigenvalue weighted by Gasteiger charge is -1.99. The van der Waals surface area contributed by atoms with E-state index in [0.717, 1.165) is 0 Å². The maximum Gasteiger partial charge on any atom is 0.269 e. The van der Waals surface area contributed by atoms with Crippen LogP contribution in [0.3, 0.4) is 0 Å². The first kappa shape index (κ1) is 6.67. The maximum absolute atomic E-state index is 10.9. The third-order valence-corrected chi connectivity index (χ3v) is 1.24. The van der Waals surface area contributed by atoms with Gasteiger partial charge in [0.15, 0.2) is 0 Å². The average molecular weight is 139 g/mol. The summed E-state index contributed by atoms with van der Waals surface area (Å²) in [5, 5.41) is 2.47. The van der Waals surface area contributed by atoms with Crippen LogP contribution in [-0.2, 0) is 0 Å². The summed E-state index contributed by atoms with van der Waals surface area (Å²) in [5.41, 5.74) is 0.461. The normalized spacial score (nSPS) is 9.30. The number of nitrogens with one attached hydrogen (secondary N) is 1. The SMILES string of the molecule is CNC(=O)c1cccn1N. The molecule has 10 heavy (non-hydrogen) atoms. The Bertz CT molecular complexity index is 241. The molecule has 0 saturated heterocycles. The zero-order valence-corrected chi connectivity index (χ0v) is 5.66. The Morgan fingerprint density at radius 1 is 1.80 bits per heavy atom. The van der Waals surface area contributed by atoms with Crippen LogP contribution < -0.4 is 11.2 Å². The second-order valence-electron chi connectivity index (χ2n) is 1.88. The Morgan fingerprint density at radius 2 is 2.50 bits per heavy atom. The Kier molecular flexibility index (Phi) is 1.62. The predicted molar refractivity (Wildman–Crippen MR) is 38.0 cm³/mol. The Morgan fingerprint density at radius 3 is 2.90 bits per heavy atom. The van der Waals surface area contributed by atoms with E-state index in [2.05, 4.69) is 5.32 Å². The second-order valence-corrected chi connectivity index (χ2v) is 1.88. The van der Waals surface area contributed by atoms with Crippen LogP contribution in [0.15, 0.2) is 18.3 Å². The molecule has 1 rings (SSSR count).